The third kappa shape index (κ3) is 2.18. The van der Waals surface area contributed by atoms with E-state index in [1.165, 1.54) is 18.2 Å². The number of aromatic nitrogens is 3. The van der Waals surface area contributed by atoms with E-state index in [1.54, 1.807) is 12.4 Å². The van der Waals surface area contributed by atoms with Gasteiger partial charge in [0.2, 0.25) is 5.82 Å². The topological polar surface area (TPSA) is 92.3 Å². The van der Waals surface area contributed by atoms with Crippen LogP contribution in [-0.4, -0.2) is 25.3 Å². The molecule has 0 saturated heterocycles. The molecule has 0 unspecified atom stereocenters. The molecule has 2 aromatic heterocycles. The molecular formula is C14H11N3O3. The van der Waals surface area contributed by atoms with E-state index < -0.39 is 0 Å². The van der Waals surface area contributed by atoms with Crippen molar-refractivity contribution >= 4 is 0 Å². The van der Waals surface area contributed by atoms with Gasteiger partial charge in [0, 0.05) is 29.6 Å². The Bertz CT molecular complexity index is 748. The molecule has 6 heteroatoms. The van der Waals surface area contributed by atoms with Gasteiger partial charge in [0.25, 0.3) is 5.89 Å². The number of phenolic OH excluding ortho intramolecular Hbond substituents is 2. The highest BCUT2D eigenvalue weighted by molar-refractivity contribution is 5.63. The summed E-state index contributed by atoms with van der Waals surface area (Å²) in [5.41, 5.74) is 2.20. The second-order valence-electron chi connectivity index (χ2n) is 4.35. The second-order valence-corrected chi connectivity index (χ2v) is 4.35. The molecule has 100 valence electrons. The van der Waals surface area contributed by atoms with Crippen molar-refractivity contribution in [2.24, 2.45) is 0 Å². The molecule has 3 aromatic rings. The summed E-state index contributed by atoms with van der Waals surface area (Å²) in [5.74, 6) is 0.484. The summed E-state index contributed by atoms with van der Waals surface area (Å²) in [6.45, 7) is 1.92. The Morgan fingerprint density at radius 3 is 2.55 bits per heavy atom. The lowest BCUT2D eigenvalue weighted by Crippen LogP contribution is -1.86. The van der Waals surface area contributed by atoms with Crippen molar-refractivity contribution < 1.29 is 14.7 Å². The number of aromatic hydroxyl groups is 2. The molecular weight excluding hydrogens is 258 g/mol. The zero-order chi connectivity index (χ0) is 14.1. The Balaban J connectivity index is 2.04. The van der Waals surface area contributed by atoms with Crippen molar-refractivity contribution in [2.75, 3.05) is 0 Å². The van der Waals surface area contributed by atoms with E-state index >= 15 is 0 Å². The van der Waals surface area contributed by atoms with Gasteiger partial charge in [-0.15, -0.1) is 0 Å². The number of hydrogen-bond donors (Lipinski definition) is 2. The average Bonchev–Trinajstić information content (AvgIpc) is 2.87. The Morgan fingerprint density at radius 1 is 1.10 bits per heavy atom. The molecule has 2 N–H and O–H groups in total. The molecule has 3 rings (SSSR count). The minimum Gasteiger partial charge on any atom is -0.508 e. The van der Waals surface area contributed by atoms with Crippen LogP contribution in [0.3, 0.4) is 0 Å². The van der Waals surface area contributed by atoms with Gasteiger partial charge in [-0.2, -0.15) is 4.98 Å². The number of nitrogens with zero attached hydrogens (tertiary/aromatic N) is 3. The van der Waals surface area contributed by atoms with E-state index in [-0.39, 0.29) is 17.4 Å². The van der Waals surface area contributed by atoms with Gasteiger partial charge < -0.3 is 14.7 Å². The number of aryl methyl sites for hydroxylation is 1. The fraction of sp³-hybridized carbons (Fsp3) is 0.0714. The van der Waals surface area contributed by atoms with Gasteiger partial charge in [-0.1, -0.05) is 5.16 Å². The zero-order valence-corrected chi connectivity index (χ0v) is 10.6. The number of pyridine rings is 1. The third-order valence-corrected chi connectivity index (χ3v) is 2.86. The highest BCUT2D eigenvalue weighted by Gasteiger charge is 2.13. The summed E-state index contributed by atoms with van der Waals surface area (Å²) in [5, 5.41) is 22.8. The first-order valence-corrected chi connectivity index (χ1v) is 5.91. The number of hydrogen-bond acceptors (Lipinski definition) is 6. The number of phenols is 2. The van der Waals surface area contributed by atoms with Crippen molar-refractivity contribution in [3.05, 3.63) is 42.2 Å². The summed E-state index contributed by atoms with van der Waals surface area (Å²) < 4.78 is 5.16. The summed E-state index contributed by atoms with van der Waals surface area (Å²) in [6, 6.07) is 5.96. The first kappa shape index (κ1) is 12.2. The maximum absolute atomic E-state index is 9.46. The van der Waals surface area contributed by atoms with Gasteiger partial charge in [-0.05, 0) is 30.7 Å². The standard InChI is InChI=1S/C14H11N3O3/c1-8-2-3-15-7-12(8)13-16-14(20-17-13)9-4-10(18)6-11(19)5-9/h2-7,18-19H,1H3. The van der Waals surface area contributed by atoms with E-state index in [4.69, 9.17) is 4.52 Å². The van der Waals surface area contributed by atoms with Crippen LogP contribution in [0, 0.1) is 6.92 Å². The van der Waals surface area contributed by atoms with Crippen molar-refractivity contribution in [2.45, 2.75) is 6.92 Å². The maximum Gasteiger partial charge on any atom is 0.258 e. The van der Waals surface area contributed by atoms with Gasteiger partial charge in [0.15, 0.2) is 0 Å². The molecule has 1 aromatic carbocycles. The van der Waals surface area contributed by atoms with E-state index in [1.807, 2.05) is 13.0 Å². The van der Waals surface area contributed by atoms with Gasteiger partial charge in [-0.3, -0.25) is 4.98 Å². The molecule has 0 amide bonds. The van der Waals surface area contributed by atoms with Crippen LogP contribution in [-0.2, 0) is 0 Å². The van der Waals surface area contributed by atoms with E-state index in [9.17, 15) is 10.2 Å². The second kappa shape index (κ2) is 4.65. The highest BCUT2D eigenvalue weighted by Crippen LogP contribution is 2.29. The van der Waals surface area contributed by atoms with Gasteiger partial charge in [0.1, 0.15) is 11.5 Å². The molecule has 0 aliphatic carbocycles. The Morgan fingerprint density at radius 2 is 1.85 bits per heavy atom. The SMILES string of the molecule is Cc1ccncc1-c1noc(-c2cc(O)cc(O)c2)n1. The molecule has 0 aliphatic rings. The summed E-state index contributed by atoms with van der Waals surface area (Å²) in [4.78, 5) is 8.28. The molecule has 0 atom stereocenters. The van der Waals surface area contributed by atoms with Crippen LogP contribution >= 0.6 is 0 Å². The minimum atomic E-state index is -0.0719. The molecule has 0 aliphatic heterocycles. The Hall–Kier alpha value is -2.89. The first-order chi connectivity index (χ1) is 9.63. The molecule has 0 radical (unpaired) electrons. The van der Waals surface area contributed by atoms with E-state index in [2.05, 4.69) is 15.1 Å². The van der Waals surface area contributed by atoms with Crippen LogP contribution in [0.1, 0.15) is 5.56 Å². The molecule has 0 spiro atoms. The molecule has 0 fully saturated rings. The Labute approximate surface area is 114 Å². The zero-order valence-electron chi connectivity index (χ0n) is 10.6. The average molecular weight is 269 g/mol. The predicted molar refractivity (Wildman–Crippen MR) is 71.0 cm³/mol. The molecule has 0 bridgehead atoms. The van der Waals surface area contributed by atoms with Crippen LogP contribution in [0.25, 0.3) is 22.8 Å². The normalized spacial score (nSPS) is 10.7. The Kier molecular flexibility index (Phi) is 2.83. The van der Waals surface area contributed by atoms with E-state index in [0.717, 1.165) is 11.1 Å². The lowest BCUT2D eigenvalue weighted by Gasteiger charge is -1.98. The predicted octanol–water partition coefficient (Wildman–Crippen LogP) is 2.52. The van der Waals surface area contributed by atoms with Crippen molar-refractivity contribution in [3.8, 4) is 34.3 Å². The van der Waals surface area contributed by atoms with Gasteiger partial charge in [-0.25, -0.2) is 0 Å². The number of rotatable bonds is 2. The van der Waals surface area contributed by atoms with Crippen LogP contribution in [0.5, 0.6) is 11.5 Å². The molecule has 20 heavy (non-hydrogen) atoms. The summed E-state index contributed by atoms with van der Waals surface area (Å²) in [7, 11) is 0. The summed E-state index contributed by atoms with van der Waals surface area (Å²) >= 11 is 0. The highest BCUT2D eigenvalue weighted by atomic mass is 16.5. The smallest absolute Gasteiger partial charge is 0.258 e. The molecule has 6 nitrogen and oxygen atoms in total. The van der Waals surface area contributed by atoms with Crippen molar-refractivity contribution in [3.63, 3.8) is 0 Å². The van der Waals surface area contributed by atoms with Crippen LogP contribution in [0.4, 0.5) is 0 Å². The van der Waals surface area contributed by atoms with Gasteiger partial charge in [0.05, 0.1) is 0 Å². The largest absolute Gasteiger partial charge is 0.508 e. The maximum atomic E-state index is 9.46. The quantitative estimate of drug-likeness (QED) is 0.742. The van der Waals surface area contributed by atoms with Crippen LogP contribution in [0.15, 0.2) is 41.2 Å². The first-order valence-electron chi connectivity index (χ1n) is 5.91. The van der Waals surface area contributed by atoms with Gasteiger partial charge >= 0.3 is 0 Å². The van der Waals surface area contributed by atoms with Crippen molar-refractivity contribution in [1.82, 2.24) is 15.1 Å². The van der Waals surface area contributed by atoms with Crippen LogP contribution in [0.2, 0.25) is 0 Å². The minimum absolute atomic E-state index is 0.0719. The lowest BCUT2D eigenvalue weighted by atomic mass is 10.1. The molecule has 2 heterocycles. The number of benzene rings is 1. The fourth-order valence-electron chi connectivity index (χ4n) is 1.87. The monoisotopic (exact) mass is 269 g/mol. The fourth-order valence-corrected chi connectivity index (χ4v) is 1.87. The van der Waals surface area contributed by atoms with Crippen LogP contribution < -0.4 is 0 Å². The van der Waals surface area contributed by atoms with Crippen molar-refractivity contribution in [1.29, 1.82) is 0 Å². The molecule has 0 saturated carbocycles. The summed E-state index contributed by atoms with van der Waals surface area (Å²) in [6.07, 6.45) is 3.34. The lowest BCUT2D eigenvalue weighted by molar-refractivity contribution is 0.428. The third-order valence-electron chi connectivity index (χ3n) is 2.86. The van der Waals surface area contributed by atoms with E-state index in [0.29, 0.717) is 11.4 Å².